The van der Waals surface area contributed by atoms with Crippen LogP contribution in [0.5, 0.6) is 0 Å². The summed E-state index contributed by atoms with van der Waals surface area (Å²) in [5.74, 6) is -2.37. The zero-order valence-electron chi connectivity index (χ0n) is 10.4. The smallest absolute Gasteiger partial charge is 0.337 e. The molecular formula is C14H7BrN2O4. The largest absolute Gasteiger partial charge is 0.478 e. The number of hydrogen-bond donors (Lipinski definition) is 1. The highest BCUT2D eigenvalue weighted by atomic mass is 79.9. The minimum atomic E-state index is -1.22. The van der Waals surface area contributed by atoms with Crippen molar-refractivity contribution in [3.63, 3.8) is 0 Å². The van der Waals surface area contributed by atoms with Crippen LogP contribution in [0.25, 0.3) is 0 Å². The minimum Gasteiger partial charge on any atom is -0.478 e. The summed E-state index contributed by atoms with van der Waals surface area (Å²) in [5.41, 5.74) is 0.264. The fourth-order valence-corrected chi connectivity index (χ4v) is 2.75. The number of aromatic nitrogens is 1. The Bertz CT molecular complexity index is 768. The van der Waals surface area contributed by atoms with Gasteiger partial charge in [-0.2, -0.15) is 0 Å². The Hall–Kier alpha value is -2.54. The summed E-state index contributed by atoms with van der Waals surface area (Å²) in [6, 6.07) is 5.87. The standard InChI is InChI=1S/C14H7BrN2O4/c15-10-3-1-2-8(14(20)21)11(10)17-12(18)7-4-5-16-6-9(7)13(17)19/h1-6H,(H,20,21). The number of nitrogens with zero attached hydrogens (tertiary/aromatic N) is 2. The van der Waals surface area contributed by atoms with Crippen molar-refractivity contribution in [3.05, 3.63) is 57.8 Å². The van der Waals surface area contributed by atoms with Crippen LogP contribution in [0.15, 0.2) is 41.1 Å². The van der Waals surface area contributed by atoms with Gasteiger partial charge in [0.05, 0.1) is 22.4 Å². The zero-order valence-corrected chi connectivity index (χ0v) is 12.0. The van der Waals surface area contributed by atoms with Crippen LogP contribution >= 0.6 is 15.9 Å². The quantitative estimate of drug-likeness (QED) is 0.843. The fourth-order valence-electron chi connectivity index (χ4n) is 2.20. The van der Waals surface area contributed by atoms with E-state index in [1.165, 1.54) is 30.6 Å². The molecule has 2 amide bonds. The van der Waals surface area contributed by atoms with Gasteiger partial charge in [0.25, 0.3) is 11.8 Å². The molecule has 2 heterocycles. The molecule has 1 aromatic heterocycles. The number of carbonyl (C=O) groups is 3. The van der Waals surface area contributed by atoms with Crippen LogP contribution in [0, 0.1) is 0 Å². The number of amides is 2. The van der Waals surface area contributed by atoms with Crippen molar-refractivity contribution < 1.29 is 19.5 Å². The third-order valence-electron chi connectivity index (χ3n) is 3.13. The first kappa shape index (κ1) is 13.4. The Labute approximate surface area is 127 Å². The van der Waals surface area contributed by atoms with Gasteiger partial charge < -0.3 is 5.11 Å². The van der Waals surface area contributed by atoms with E-state index in [1.54, 1.807) is 6.07 Å². The number of fused-ring (bicyclic) bond motifs is 1. The van der Waals surface area contributed by atoms with Gasteiger partial charge >= 0.3 is 5.97 Å². The summed E-state index contributed by atoms with van der Waals surface area (Å²) in [6.07, 6.45) is 2.71. The van der Waals surface area contributed by atoms with Crippen molar-refractivity contribution >= 4 is 39.4 Å². The molecule has 0 aliphatic carbocycles. The molecule has 1 aliphatic heterocycles. The summed E-state index contributed by atoms with van der Waals surface area (Å²) in [5, 5.41) is 9.26. The van der Waals surface area contributed by atoms with E-state index in [4.69, 9.17) is 0 Å². The van der Waals surface area contributed by atoms with Crippen LogP contribution in [-0.2, 0) is 0 Å². The molecule has 1 N–H and O–H groups in total. The van der Waals surface area contributed by atoms with Crippen LogP contribution in [0.4, 0.5) is 5.69 Å². The number of rotatable bonds is 2. The van der Waals surface area contributed by atoms with Gasteiger partial charge in [0.2, 0.25) is 0 Å². The summed E-state index contributed by atoms with van der Waals surface area (Å²) >= 11 is 3.20. The van der Waals surface area contributed by atoms with Crippen LogP contribution in [0.3, 0.4) is 0 Å². The molecule has 0 fully saturated rings. The number of benzene rings is 1. The number of anilines is 1. The summed E-state index contributed by atoms with van der Waals surface area (Å²) in [4.78, 5) is 40.8. The van der Waals surface area contributed by atoms with E-state index in [0.717, 1.165) is 4.90 Å². The van der Waals surface area contributed by atoms with Crippen molar-refractivity contribution in [1.82, 2.24) is 4.98 Å². The van der Waals surface area contributed by atoms with Gasteiger partial charge in [-0.15, -0.1) is 0 Å². The maximum atomic E-state index is 12.4. The lowest BCUT2D eigenvalue weighted by molar-refractivity contribution is 0.0698. The summed E-state index contributed by atoms with van der Waals surface area (Å²) in [6.45, 7) is 0. The Morgan fingerprint density at radius 2 is 1.86 bits per heavy atom. The van der Waals surface area contributed by atoms with E-state index in [9.17, 15) is 19.5 Å². The highest BCUT2D eigenvalue weighted by molar-refractivity contribution is 9.10. The Morgan fingerprint density at radius 1 is 1.14 bits per heavy atom. The average Bonchev–Trinajstić information content (AvgIpc) is 2.72. The molecule has 1 aromatic carbocycles. The van der Waals surface area contributed by atoms with Crippen LogP contribution in [0.1, 0.15) is 31.1 Å². The minimum absolute atomic E-state index is 0.0243. The summed E-state index contributed by atoms with van der Waals surface area (Å²) in [7, 11) is 0. The van der Waals surface area contributed by atoms with E-state index in [1.807, 2.05) is 0 Å². The normalized spacial score (nSPS) is 13.5. The van der Waals surface area contributed by atoms with Gasteiger partial charge in [0.15, 0.2) is 0 Å². The lowest BCUT2D eigenvalue weighted by Crippen LogP contribution is -2.31. The van der Waals surface area contributed by atoms with Crippen LogP contribution in [0.2, 0.25) is 0 Å². The van der Waals surface area contributed by atoms with Crippen LogP contribution < -0.4 is 4.90 Å². The molecule has 0 radical (unpaired) electrons. The second-order valence-electron chi connectivity index (χ2n) is 4.31. The van der Waals surface area contributed by atoms with Gasteiger partial charge in [-0.1, -0.05) is 6.07 Å². The van der Waals surface area contributed by atoms with Crippen LogP contribution in [-0.4, -0.2) is 27.9 Å². The second kappa shape index (κ2) is 4.78. The highest BCUT2D eigenvalue weighted by Gasteiger charge is 2.39. The lowest BCUT2D eigenvalue weighted by Gasteiger charge is -2.18. The lowest BCUT2D eigenvalue weighted by atomic mass is 10.1. The SMILES string of the molecule is O=C(O)c1cccc(Br)c1N1C(=O)c2ccncc2C1=O. The third kappa shape index (κ3) is 1.93. The predicted molar refractivity (Wildman–Crippen MR) is 76.5 cm³/mol. The number of para-hydroxylation sites is 1. The van der Waals surface area contributed by atoms with Crippen molar-refractivity contribution in [3.8, 4) is 0 Å². The molecule has 3 rings (SSSR count). The number of pyridine rings is 1. The molecule has 0 spiro atoms. The number of halogens is 1. The number of carboxylic acids is 1. The van der Waals surface area contributed by atoms with Gasteiger partial charge in [0, 0.05) is 16.9 Å². The number of hydrogen-bond acceptors (Lipinski definition) is 4. The van der Waals surface area contributed by atoms with Gasteiger partial charge in [-0.05, 0) is 34.1 Å². The van der Waals surface area contributed by atoms with E-state index in [0.29, 0.717) is 4.47 Å². The highest BCUT2D eigenvalue weighted by Crippen LogP contribution is 2.35. The first-order valence-corrected chi connectivity index (χ1v) is 6.66. The predicted octanol–water partition coefficient (Wildman–Crippen LogP) is 2.34. The topological polar surface area (TPSA) is 87.6 Å². The number of imide groups is 1. The summed E-state index contributed by atoms with van der Waals surface area (Å²) < 4.78 is 0.352. The second-order valence-corrected chi connectivity index (χ2v) is 5.16. The van der Waals surface area contributed by atoms with E-state index < -0.39 is 17.8 Å². The average molecular weight is 347 g/mol. The van der Waals surface area contributed by atoms with E-state index >= 15 is 0 Å². The number of carboxylic acid groups (broad SMARTS) is 1. The van der Waals surface area contributed by atoms with Gasteiger partial charge in [-0.3, -0.25) is 14.6 Å². The van der Waals surface area contributed by atoms with Crippen molar-refractivity contribution in [2.24, 2.45) is 0 Å². The molecule has 7 heteroatoms. The van der Waals surface area contributed by atoms with Crippen molar-refractivity contribution in [2.75, 3.05) is 4.90 Å². The van der Waals surface area contributed by atoms with Crippen molar-refractivity contribution in [1.29, 1.82) is 0 Å². The monoisotopic (exact) mass is 346 g/mol. The molecule has 0 saturated carbocycles. The molecule has 0 unspecified atom stereocenters. The number of aromatic carboxylic acids is 1. The number of carbonyl (C=O) groups excluding carboxylic acids is 2. The molecule has 104 valence electrons. The molecule has 2 aromatic rings. The Kier molecular flexibility index (Phi) is 3.06. The zero-order chi connectivity index (χ0) is 15.1. The molecule has 1 aliphatic rings. The molecule has 0 bridgehead atoms. The van der Waals surface area contributed by atoms with Gasteiger partial charge in [0.1, 0.15) is 0 Å². The molecule has 21 heavy (non-hydrogen) atoms. The maximum absolute atomic E-state index is 12.4. The van der Waals surface area contributed by atoms with E-state index in [-0.39, 0.29) is 22.4 Å². The first-order valence-electron chi connectivity index (χ1n) is 5.87. The molecule has 0 atom stereocenters. The van der Waals surface area contributed by atoms with E-state index in [2.05, 4.69) is 20.9 Å². The van der Waals surface area contributed by atoms with Crippen molar-refractivity contribution in [2.45, 2.75) is 0 Å². The molecular weight excluding hydrogens is 340 g/mol. The Morgan fingerprint density at radius 3 is 2.52 bits per heavy atom. The molecule has 6 nitrogen and oxygen atoms in total. The Balaban J connectivity index is 2.23. The maximum Gasteiger partial charge on any atom is 0.337 e. The van der Waals surface area contributed by atoms with Gasteiger partial charge in [-0.25, -0.2) is 9.69 Å². The molecule has 0 saturated heterocycles. The first-order chi connectivity index (χ1) is 10.0. The fraction of sp³-hybridized carbons (Fsp3) is 0. The third-order valence-corrected chi connectivity index (χ3v) is 3.77.